The molecule has 9 heteroatoms. The first kappa shape index (κ1) is 24.6. The minimum Gasteiger partial charge on any atom is -0.450 e. The second kappa shape index (κ2) is 10.2. The third-order valence-corrected chi connectivity index (χ3v) is 7.45. The number of anilines is 1. The number of aryl methyl sites for hydroxylation is 3. The van der Waals surface area contributed by atoms with Crippen molar-refractivity contribution >= 4 is 27.7 Å². The van der Waals surface area contributed by atoms with Gasteiger partial charge >= 0.3 is 6.09 Å². The fourth-order valence-electron chi connectivity index (χ4n) is 3.70. The Kier molecular flexibility index (Phi) is 7.63. The number of hydrogen-bond donors (Lipinski definition) is 0. The predicted octanol–water partition coefficient (Wildman–Crippen LogP) is 3.11. The Morgan fingerprint density at radius 1 is 0.909 bits per heavy atom. The van der Waals surface area contributed by atoms with Gasteiger partial charge in [0.1, 0.15) is 6.54 Å². The van der Waals surface area contributed by atoms with Gasteiger partial charge in [-0.1, -0.05) is 29.8 Å². The van der Waals surface area contributed by atoms with E-state index in [9.17, 15) is 18.0 Å². The molecule has 0 aromatic heterocycles. The molecule has 0 spiro atoms. The largest absolute Gasteiger partial charge is 0.450 e. The number of ether oxygens (including phenoxy) is 1. The molecule has 2 aromatic rings. The minimum absolute atomic E-state index is 0.133. The van der Waals surface area contributed by atoms with Gasteiger partial charge in [0.15, 0.2) is 0 Å². The Morgan fingerprint density at radius 3 is 2.09 bits per heavy atom. The first-order chi connectivity index (χ1) is 15.6. The van der Waals surface area contributed by atoms with Crippen LogP contribution in [-0.4, -0.2) is 69.5 Å². The molecule has 3 rings (SSSR count). The van der Waals surface area contributed by atoms with E-state index in [-0.39, 0.29) is 17.3 Å². The van der Waals surface area contributed by atoms with Gasteiger partial charge in [-0.25, -0.2) is 13.2 Å². The van der Waals surface area contributed by atoms with Crippen LogP contribution in [0.1, 0.15) is 23.6 Å². The highest BCUT2D eigenvalue weighted by atomic mass is 32.2. The van der Waals surface area contributed by atoms with Crippen molar-refractivity contribution in [3.8, 4) is 0 Å². The zero-order chi connectivity index (χ0) is 24.2. The van der Waals surface area contributed by atoms with Crippen LogP contribution < -0.4 is 4.31 Å². The molecule has 1 saturated heterocycles. The molecule has 1 fully saturated rings. The van der Waals surface area contributed by atoms with E-state index in [1.807, 2.05) is 32.9 Å². The third kappa shape index (κ3) is 5.65. The van der Waals surface area contributed by atoms with Crippen molar-refractivity contribution in [2.45, 2.75) is 32.6 Å². The van der Waals surface area contributed by atoms with Gasteiger partial charge in [0.2, 0.25) is 5.91 Å². The van der Waals surface area contributed by atoms with Crippen molar-refractivity contribution in [2.24, 2.45) is 0 Å². The molecule has 0 N–H and O–H groups in total. The highest BCUT2D eigenvalue weighted by Gasteiger charge is 2.32. The normalized spacial score (nSPS) is 14.2. The molecule has 8 nitrogen and oxygen atoms in total. The van der Waals surface area contributed by atoms with Crippen LogP contribution in [0.15, 0.2) is 47.4 Å². The Balaban J connectivity index is 1.86. The Bertz CT molecular complexity index is 1110. The average molecular weight is 474 g/mol. The molecule has 0 unspecified atom stereocenters. The quantitative estimate of drug-likeness (QED) is 0.643. The van der Waals surface area contributed by atoms with E-state index in [1.165, 1.54) is 4.31 Å². The number of piperazine rings is 1. The Hall–Kier alpha value is -3.07. The van der Waals surface area contributed by atoms with Crippen LogP contribution in [0.4, 0.5) is 10.5 Å². The van der Waals surface area contributed by atoms with E-state index in [2.05, 4.69) is 0 Å². The van der Waals surface area contributed by atoms with Gasteiger partial charge in [-0.15, -0.1) is 0 Å². The molecule has 1 aliphatic rings. The number of carbonyl (C=O) groups is 2. The molecule has 0 aliphatic carbocycles. The molecular weight excluding hydrogens is 442 g/mol. The number of nitrogens with zero attached hydrogens (tertiary/aromatic N) is 3. The standard InChI is InChI=1S/C24H31N3O5S/c1-5-32-24(29)26-14-12-25(13-15-26)23(28)17-27(22-16-19(3)6-9-20(22)4)33(30,31)21-10-7-18(2)8-11-21/h6-11,16H,5,12-15,17H2,1-4H3. The summed E-state index contributed by atoms with van der Waals surface area (Å²) in [4.78, 5) is 28.4. The molecule has 0 bridgehead atoms. The number of hydrogen-bond acceptors (Lipinski definition) is 5. The van der Waals surface area contributed by atoms with E-state index in [0.717, 1.165) is 16.7 Å². The Morgan fingerprint density at radius 2 is 1.48 bits per heavy atom. The van der Waals surface area contributed by atoms with Crippen molar-refractivity contribution < 1.29 is 22.7 Å². The van der Waals surface area contributed by atoms with Crippen molar-refractivity contribution in [1.82, 2.24) is 9.80 Å². The summed E-state index contributed by atoms with van der Waals surface area (Å²) in [5.74, 6) is -0.310. The maximum atomic E-state index is 13.6. The smallest absolute Gasteiger partial charge is 0.409 e. The lowest BCUT2D eigenvalue weighted by Crippen LogP contribution is -2.53. The lowest BCUT2D eigenvalue weighted by molar-refractivity contribution is -0.131. The fraction of sp³-hybridized carbons (Fsp3) is 0.417. The number of rotatable bonds is 6. The van der Waals surface area contributed by atoms with E-state index in [0.29, 0.717) is 38.5 Å². The van der Waals surface area contributed by atoms with Gasteiger partial charge in [0, 0.05) is 26.2 Å². The second-order valence-electron chi connectivity index (χ2n) is 8.18. The molecule has 0 atom stereocenters. The molecule has 178 valence electrons. The van der Waals surface area contributed by atoms with Crippen molar-refractivity contribution in [3.63, 3.8) is 0 Å². The zero-order valence-electron chi connectivity index (χ0n) is 19.6. The SMILES string of the molecule is CCOC(=O)N1CCN(C(=O)CN(c2cc(C)ccc2C)S(=O)(=O)c2ccc(C)cc2)CC1. The number of benzene rings is 2. The average Bonchev–Trinajstić information content (AvgIpc) is 2.79. The summed E-state index contributed by atoms with van der Waals surface area (Å²) in [5.41, 5.74) is 3.09. The maximum absolute atomic E-state index is 13.6. The monoisotopic (exact) mass is 473 g/mol. The van der Waals surface area contributed by atoms with Gasteiger partial charge in [-0.3, -0.25) is 9.10 Å². The first-order valence-electron chi connectivity index (χ1n) is 11.0. The number of amides is 2. The van der Waals surface area contributed by atoms with Crippen LogP contribution in [-0.2, 0) is 19.6 Å². The summed E-state index contributed by atoms with van der Waals surface area (Å²) >= 11 is 0. The van der Waals surface area contributed by atoms with Crippen LogP contribution in [0, 0.1) is 20.8 Å². The molecule has 33 heavy (non-hydrogen) atoms. The predicted molar refractivity (Wildman–Crippen MR) is 127 cm³/mol. The summed E-state index contributed by atoms with van der Waals surface area (Å²) in [6.45, 7) is 8.65. The number of sulfonamides is 1. The molecule has 1 aliphatic heterocycles. The maximum Gasteiger partial charge on any atom is 0.409 e. The summed E-state index contributed by atoms with van der Waals surface area (Å²) in [5, 5.41) is 0. The van der Waals surface area contributed by atoms with Gasteiger partial charge in [0.05, 0.1) is 17.2 Å². The van der Waals surface area contributed by atoms with Crippen LogP contribution >= 0.6 is 0 Å². The summed E-state index contributed by atoms with van der Waals surface area (Å²) in [6, 6.07) is 12.1. The second-order valence-corrected chi connectivity index (χ2v) is 10.0. The Labute approximate surface area is 195 Å². The minimum atomic E-state index is -3.97. The summed E-state index contributed by atoms with van der Waals surface area (Å²) in [7, 11) is -3.97. The van der Waals surface area contributed by atoms with E-state index in [1.54, 1.807) is 47.1 Å². The topological polar surface area (TPSA) is 87.2 Å². The van der Waals surface area contributed by atoms with Gasteiger partial charge in [-0.05, 0) is 57.0 Å². The number of carbonyl (C=O) groups excluding carboxylic acids is 2. The molecule has 2 amide bonds. The highest BCUT2D eigenvalue weighted by molar-refractivity contribution is 7.92. The molecule has 2 aromatic carbocycles. The fourth-order valence-corrected chi connectivity index (χ4v) is 5.17. The van der Waals surface area contributed by atoms with Crippen molar-refractivity contribution in [3.05, 3.63) is 59.2 Å². The summed E-state index contributed by atoms with van der Waals surface area (Å²) < 4.78 is 33.5. The molecule has 0 radical (unpaired) electrons. The van der Waals surface area contributed by atoms with Crippen LogP contribution in [0.5, 0.6) is 0 Å². The van der Waals surface area contributed by atoms with E-state index < -0.39 is 16.1 Å². The third-order valence-electron chi connectivity index (χ3n) is 5.68. The first-order valence-corrected chi connectivity index (χ1v) is 12.4. The van der Waals surface area contributed by atoms with Gasteiger partial charge in [-0.2, -0.15) is 0 Å². The molecule has 1 heterocycles. The molecular formula is C24H31N3O5S. The molecule has 0 saturated carbocycles. The van der Waals surface area contributed by atoms with Gasteiger partial charge < -0.3 is 14.5 Å². The lowest BCUT2D eigenvalue weighted by atomic mass is 10.1. The zero-order valence-corrected chi connectivity index (χ0v) is 20.4. The summed E-state index contributed by atoms with van der Waals surface area (Å²) in [6.07, 6.45) is -0.399. The highest BCUT2D eigenvalue weighted by Crippen LogP contribution is 2.28. The van der Waals surface area contributed by atoms with Gasteiger partial charge in [0.25, 0.3) is 10.0 Å². The van der Waals surface area contributed by atoms with Crippen molar-refractivity contribution in [1.29, 1.82) is 0 Å². The van der Waals surface area contributed by atoms with Crippen LogP contribution in [0.2, 0.25) is 0 Å². The van der Waals surface area contributed by atoms with Crippen molar-refractivity contribution in [2.75, 3.05) is 43.6 Å². The van der Waals surface area contributed by atoms with E-state index in [4.69, 9.17) is 4.74 Å². The lowest BCUT2D eigenvalue weighted by Gasteiger charge is -2.35. The van der Waals surface area contributed by atoms with Crippen LogP contribution in [0.3, 0.4) is 0 Å². The van der Waals surface area contributed by atoms with E-state index >= 15 is 0 Å². The van der Waals surface area contributed by atoms with Crippen LogP contribution in [0.25, 0.3) is 0 Å².